The summed E-state index contributed by atoms with van der Waals surface area (Å²) in [5, 5.41) is 13.2. The third-order valence-corrected chi connectivity index (χ3v) is 3.93. The number of aliphatic hydroxyl groups is 1. The normalized spacial score (nSPS) is 11.2. The fourth-order valence-electron chi connectivity index (χ4n) is 2.64. The minimum Gasteiger partial charge on any atom is -0.467 e. The molecule has 0 saturated carbocycles. The van der Waals surface area contributed by atoms with Gasteiger partial charge in [0.2, 0.25) is 0 Å². The summed E-state index contributed by atoms with van der Waals surface area (Å²) >= 11 is 0. The van der Waals surface area contributed by atoms with Gasteiger partial charge in [0, 0.05) is 18.8 Å². The van der Waals surface area contributed by atoms with Gasteiger partial charge in [-0.2, -0.15) is 0 Å². The van der Waals surface area contributed by atoms with Crippen LogP contribution in [0.4, 0.5) is 5.82 Å². The van der Waals surface area contributed by atoms with Crippen LogP contribution >= 0.6 is 0 Å². The Kier molecular flexibility index (Phi) is 4.11. The fourth-order valence-corrected chi connectivity index (χ4v) is 2.64. The van der Waals surface area contributed by atoms with E-state index < -0.39 is 0 Å². The van der Waals surface area contributed by atoms with E-state index in [2.05, 4.69) is 33.7 Å². The number of fused-ring (bicyclic) bond motifs is 1. The highest BCUT2D eigenvalue weighted by Gasteiger charge is 2.17. The molecule has 0 spiro atoms. The third-order valence-electron chi connectivity index (χ3n) is 3.93. The second-order valence-corrected chi connectivity index (χ2v) is 5.30. The molecular formula is C16H20N4O2. The first kappa shape index (κ1) is 14.6. The molecule has 0 fully saturated rings. The van der Waals surface area contributed by atoms with Crippen LogP contribution in [0.5, 0.6) is 0 Å². The topological polar surface area (TPSA) is 76.1 Å². The van der Waals surface area contributed by atoms with Gasteiger partial charge >= 0.3 is 0 Å². The van der Waals surface area contributed by atoms with E-state index >= 15 is 0 Å². The smallest absolute Gasteiger partial charge is 0.146 e. The average Bonchev–Trinajstić information content (AvgIpc) is 3.11. The summed E-state index contributed by atoms with van der Waals surface area (Å²) in [7, 11) is 0. The number of anilines is 1. The van der Waals surface area contributed by atoms with Gasteiger partial charge in [0.1, 0.15) is 23.6 Å². The predicted octanol–water partition coefficient (Wildman–Crippen LogP) is 2.48. The zero-order valence-corrected chi connectivity index (χ0v) is 12.8. The summed E-state index contributed by atoms with van der Waals surface area (Å²) < 4.78 is 7.59. The highest BCUT2D eigenvalue weighted by Crippen LogP contribution is 2.29. The summed E-state index contributed by atoms with van der Waals surface area (Å²) in [4.78, 5) is 8.80. The largest absolute Gasteiger partial charge is 0.467 e. The molecule has 0 aromatic carbocycles. The van der Waals surface area contributed by atoms with Crippen molar-refractivity contribution in [3.63, 3.8) is 0 Å². The zero-order valence-electron chi connectivity index (χ0n) is 12.8. The summed E-state index contributed by atoms with van der Waals surface area (Å²) in [6.07, 6.45) is 3.94. The summed E-state index contributed by atoms with van der Waals surface area (Å²) in [5.41, 5.74) is 3.21. The Hall–Kier alpha value is -2.34. The van der Waals surface area contributed by atoms with Gasteiger partial charge in [-0.25, -0.2) is 9.97 Å². The van der Waals surface area contributed by atoms with E-state index in [1.807, 2.05) is 12.1 Å². The van der Waals surface area contributed by atoms with Crippen LogP contribution in [0, 0.1) is 13.8 Å². The minimum absolute atomic E-state index is 0.165. The minimum atomic E-state index is 0.165. The molecule has 22 heavy (non-hydrogen) atoms. The van der Waals surface area contributed by atoms with Crippen molar-refractivity contribution in [3.8, 4) is 0 Å². The first-order chi connectivity index (χ1) is 10.7. The second-order valence-electron chi connectivity index (χ2n) is 5.30. The Bertz CT molecular complexity index is 762. The molecule has 3 rings (SSSR count). The lowest BCUT2D eigenvalue weighted by Crippen LogP contribution is -2.06. The highest BCUT2D eigenvalue weighted by molar-refractivity contribution is 5.91. The predicted molar refractivity (Wildman–Crippen MR) is 85.0 cm³/mol. The van der Waals surface area contributed by atoms with Gasteiger partial charge in [-0.05, 0) is 38.0 Å². The number of rotatable bonds is 6. The van der Waals surface area contributed by atoms with Crippen molar-refractivity contribution < 1.29 is 9.52 Å². The van der Waals surface area contributed by atoms with Crippen LogP contribution in [0.25, 0.3) is 11.0 Å². The zero-order chi connectivity index (χ0) is 15.5. The molecule has 6 nitrogen and oxygen atoms in total. The van der Waals surface area contributed by atoms with E-state index in [-0.39, 0.29) is 6.61 Å². The maximum atomic E-state index is 8.92. The number of nitrogens with zero attached hydrogens (tertiary/aromatic N) is 3. The van der Waals surface area contributed by atoms with Gasteiger partial charge in [-0.15, -0.1) is 0 Å². The molecule has 0 atom stereocenters. The number of hydrogen-bond donors (Lipinski definition) is 2. The maximum absolute atomic E-state index is 8.92. The van der Waals surface area contributed by atoms with Gasteiger partial charge in [0.15, 0.2) is 0 Å². The lowest BCUT2D eigenvalue weighted by molar-refractivity contribution is 0.292. The SMILES string of the molecule is Cc1c(C)n(Cc2ccco2)c2ncnc(NCCCO)c12. The lowest BCUT2D eigenvalue weighted by Gasteiger charge is -2.07. The Morgan fingerprint density at radius 2 is 2.18 bits per heavy atom. The van der Waals surface area contributed by atoms with Crippen molar-refractivity contribution in [1.29, 1.82) is 0 Å². The summed E-state index contributed by atoms with van der Waals surface area (Å²) in [6, 6.07) is 3.85. The van der Waals surface area contributed by atoms with Crippen LogP contribution in [0.1, 0.15) is 23.4 Å². The van der Waals surface area contributed by atoms with E-state index in [4.69, 9.17) is 9.52 Å². The van der Waals surface area contributed by atoms with E-state index in [1.165, 1.54) is 0 Å². The van der Waals surface area contributed by atoms with Gasteiger partial charge in [-0.3, -0.25) is 0 Å². The molecule has 6 heteroatoms. The number of furan rings is 1. The molecule has 0 aliphatic rings. The second kappa shape index (κ2) is 6.19. The van der Waals surface area contributed by atoms with E-state index in [0.717, 1.165) is 33.9 Å². The molecular weight excluding hydrogens is 280 g/mol. The van der Waals surface area contributed by atoms with E-state index in [9.17, 15) is 0 Å². The van der Waals surface area contributed by atoms with Gasteiger partial charge in [-0.1, -0.05) is 0 Å². The highest BCUT2D eigenvalue weighted by atomic mass is 16.3. The number of aliphatic hydroxyl groups excluding tert-OH is 1. The Balaban J connectivity index is 2.03. The van der Waals surface area contributed by atoms with E-state index in [1.54, 1.807) is 12.6 Å². The van der Waals surface area contributed by atoms with Crippen LogP contribution in [0.3, 0.4) is 0 Å². The van der Waals surface area contributed by atoms with Crippen molar-refractivity contribution in [1.82, 2.24) is 14.5 Å². The van der Waals surface area contributed by atoms with Crippen LogP contribution in [-0.4, -0.2) is 32.8 Å². The molecule has 0 unspecified atom stereocenters. The fraction of sp³-hybridized carbons (Fsp3) is 0.375. The Labute approximate surface area is 128 Å². The quantitative estimate of drug-likeness (QED) is 0.684. The third kappa shape index (κ3) is 2.57. The molecule has 116 valence electrons. The van der Waals surface area contributed by atoms with Crippen LogP contribution in [-0.2, 0) is 6.54 Å². The first-order valence-electron chi connectivity index (χ1n) is 7.40. The molecule has 0 bridgehead atoms. The molecule has 0 aliphatic heterocycles. The number of aromatic nitrogens is 3. The van der Waals surface area contributed by atoms with Crippen molar-refractivity contribution >= 4 is 16.9 Å². The number of nitrogens with one attached hydrogen (secondary N) is 1. The van der Waals surface area contributed by atoms with Gasteiger partial charge in [0.25, 0.3) is 0 Å². The molecule has 3 heterocycles. The first-order valence-corrected chi connectivity index (χ1v) is 7.40. The monoisotopic (exact) mass is 300 g/mol. The molecule has 0 radical (unpaired) electrons. The van der Waals surface area contributed by atoms with Crippen LogP contribution in [0.2, 0.25) is 0 Å². The molecule has 3 aromatic rings. The van der Waals surface area contributed by atoms with Crippen LogP contribution < -0.4 is 5.32 Å². The summed E-state index contributed by atoms with van der Waals surface area (Å²) in [6.45, 7) is 5.66. The molecule has 2 N–H and O–H groups in total. The number of hydrogen-bond acceptors (Lipinski definition) is 5. The van der Waals surface area contributed by atoms with Crippen LogP contribution in [0.15, 0.2) is 29.1 Å². The lowest BCUT2D eigenvalue weighted by atomic mass is 10.2. The van der Waals surface area contributed by atoms with Crippen molar-refractivity contribution in [3.05, 3.63) is 41.7 Å². The molecule has 0 aliphatic carbocycles. The standard InChI is InChI=1S/C16H20N4O2/c1-11-12(2)20(9-13-5-3-8-22-13)16-14(11)15(18-10-19-16)17-6-4-7-21/h3,5,8,10,21H,4,6-7,9H2,1-2H3,(H,17,18,19). The molecule has 3 aromatic heterocycles. The molecule has 0 saturated heterocycles. The average molecular weight is 300 g/mol. The Morgan fingerprint density at radius 3 is 2.91 bits per heavy atom. The summed E-state index contributed by atoms with van der Waals surface area (Å²) in [5.74, 6) is 1.71. The van der Waals surface area contributed by atoms with Crippen molar-refractivity contribution in [2.75, 3.05) is 18.5 Å². The number of aryl methyl sites for hydroxylation is 1. The van der Waals surface area contributed by atoms with E-state index in [0.29, 0.717) is 19.5 Å². The maximum Gasteiger partial charge on any atom is 0.146 e. The van der Waals surface area contributed by atoms with Gasteiger partial charge in [0.05, 0.1) is 18.2 Å². The molecule has 0 amide bonds. The Morgan fingerprint density at radius 1 is 1.32 bits per heavy atom. The van der Waals surface area contributed by atoms with Crippen molar-refractivity contribution in [2.45, 2.75) is 26.8 Å². The van der Waals surface area contributed by atoms with Crippen molar-refractivity contribution in [2.24, 2.45) is 0 Å². The van der Waals surface area contributed by atoms with Gasteiger partial charge < -0.3 is 19.4 Å².